The van der Waals surface area contributed by atoms with Gasteiger partial charge in [-0.15, -0.1) is 11.3 Å². The number of nitrogens with zero attached hydrogens (tertiary/aromatic N) is 1. The predicted octanol–water partition coefficient (Wildman–Crippen LogP) is 4.31. The molecule has 2 aromatic heterocycles. The number of carbonyl (C=O) groups is 1. The van der Waals surface area contributed by atoms with Crippen molar-refractivity contribution < 1.29 is 9.90 Å². The number of aromatic nitrogens is 1. The van der Waals surface area contributed by atoms with E-state index in [9.17, 15) is 9.90 Å². The zero-order valence-electron chi connectivity index (χ0n) is 13.4. The molecule has 124 valence electrons. The molecule has 1 fully saturated rings. The van der Waals surface area contributed by atoms with E-state index < -0.39 is 5.97 Å². The van der Waals surface area contributed by atoms with Gasteiger partial charge in [0.15, 0.2) is 0 Å². The molecule has 1 saturated heterocycles. The van der Waals surface area contributed by atoms with Gasteiger partial charge in [-0.05, 0) is 60.5 Å². The number of nitrogens with one attached hydrogen (secondary N) is 1. The Morgan fingerprint density at radius 3 is 2.83 bits per heavy atom. The maximum absolute atomic E-state index is 11.2. The highest BCUT2D eigenvalue weighted by atomic mass is 32.1. The lowest BCUT2D eigenvalue weighted by molar-refractivity contribution is 0.0699. The van der Waals surface area contributed by atoms with Crippen LogP contribution in [0.4, 0.5) is 0 Å². The fraction of sp³-hybridized carbons (Fsp3) is 0.316. The van der Waals surface area contributed by atoms with E-state index in [2.05, 4.69) is 40.3 Å². The Morgan fingerprint density at radius 2 is 2.04 bits per heavy atom. The van der Waals surface area contributed by atoms with Crippen LogP contribution in [0.1, 0.15) is 39.6 Å². The van der Waals surface area contributed by atoms with Gasteiger partial charge in [-0.1, -0.05) is 18.2 Å². The lowest BCUT2D eigenvalue weighted by Crippen LogP contribution is -2.32. The van der Waals surface area contributed by atoms with E-state index >= 15 is 0 Å². The second-order valence-electron chi connectivity index (χ2n) is 6.42. The number of hydrogen-bond donors (Lipinski definition) is 2. The van der Waals surface area contributed by atoms with E-state index in [0.717, 1.165) is 38.0 Å². The number of piperidine rings is 1. The number of fused-ring (bicyclic) bond motifs is 1. The zero-order valence-corrected chi connectivity index (χ0v) is 14.2. The Balaban J connectivity index is 1.43. The first-order chi connectivity index (χ1) is 11.7. The van der Waals surface area contributed by atoms with Crippen molar-refractivity contribution in [3.05, 3.63) is 57.9 Å². The predicted molar refractivity (Wildman–Crippen MR) is 96.8 cm³/mol. The first-order valence-electron chi connectivity index (χ1n) is 8.30. The normalized spacial score (nSPS) is 16.7. The van der Waals surface area contributed by atoms with E-state index in [-0.39, 0.29) is 0 Å². The zero-order chi connectivity index (χ0) is 16.5. The summed E-state index contributed by atoms with van der Waals surface area (Å²) in [7, 11) is 0. The number of likely N-dealkylation sites (tertiary alicyclic amines) is 1. The molecule has 24 heavy (non-hydrogen) atoms. The number of H-pyrrole nitrogens is 1. The number of carboxylic acids is 1. The van der Waals surface area contributed by atoms with E-state index in [4.69, 9.17) is 0 Å². The summed E-state index contributed by atoms with van der Waals surface area (Å²) in [5, 5.41) is 12.4. The van der Waals surface area contributed by atoms with Gasteiger partial charge in [-0.2, -0.15) is 0 Å². The summed E-state index contributed by atoms with van der Waals surface area (Å²) < 4.78 is 0. The van der Waals surface area contributed by atoms with Crippen LogP contribution in [0.2, 0.25) is 0 Å². The minimum atomic E-state index is -0.811. The summed E-state index contributed by atoms with van der Waals surface area (Å²) in [4.78, 5) is 17.5. The molecule has 0 amide bonds. The van der Waals surface area contributed by atoms with E-state index in [0.29, 0.717) is 10.8 Å². The number of hydrogen-bond acceptors (Lipinski definition) is 3. The molecule has 4 rings (SSSR count). The SMILES string of the molecule is O=C(O)c1sccc1CN1CCC(c2c[nH]c3ccccc23)CC1. The minimum Gasteiger partial charge on any atom is -0.477 e. The Bertz CT molecular complexity index is 859. The lowest BCUT2D eigenvalue weighted by Gasteiger charge is -2.31. The van der Waals surface area contributed by atoms with Crippen LogP contribution in [0, 0.1) is 0 Å². The topological polar surface area (TPSA) is 56.3 Å². The first-order valence-corrected chi connectivity index (χ1v) is 9.18. The molecular formula is C19H20N2O2S. The van der Waals surface area contributed by atoms with Crippen molar-refractivity contribution in [1.29, 1.82) is 0 Å². The van der Waals surface area contributed by atoms with Gasteiger partial charge in [0.05, 0.1) is 0 Å². The van der Waals surface area contributed by atoms with Crippen molar-refractivity contribution in [2.75, 3.05) is 13.1 Å². The van der Waals surface area contributed by atoms with Gasteiger partial charge in [0.2, 0.25) is 0 Å². The second kappa shape index (κ2) is 6.42. The molecule has 0 aliphatic carbocycles. The van der Waals surface area contributed by atoms with Gasteiger partial charge >= 0.3 is 5.97 Å². The van der Waals surface area contributed by atoms with Gasteiger partial charge in [-0.25, -0.2) is 4.79 Å². The molecule has 1 aliphatic heterocycles. The highest BCUT2D eigenvalue weighted by Crippen LogP contribution is 2.33. The number of rotatable bonds is 4. The van der Waals surface area contributed by atoms with E-state index in [1.165, 1.54) is 27.8 Å². The maximum atomic E-state index is 11.2. The highest BCUT2D eigenvalue weighted by Gasteiger charge is 2.24. The van der Waals surface area contributed by atoms with Crippen LogP contribution in [0.25, 0.3) is 10.9 Å². The summed E-state index contributed by atoms with van der Waals surface area (Å²) in [6, 6.07) is 10.4. The molecule has 3 aromatic rings. The number of thiophene rings is 1. The number of aromatic carboxylic acids is 1. The van der Waals surface area contributed by atoms with Crippen molar-refractivity contribution in [2.24, 2.45) is 0 Å². The monoisotopic (exact) mass is 340 g/mol. The summed E-state index contributed by atoms with van der Waals surface area (Å²) in [6.45, 7) is 2.77. The molecule has 0 bridgehead atoms. The Hall–Kier alpha value is -2.11. The van der Waals surface area contributed by atoms with Crippen LogP contribution in [0.3, 0.4) is 0 Å². The summed E-state index contributed by atoms with van der Waals surface area (Å²) in [5.74, 6) is -0.229. The quantitative estimate of drug-likeness (QED) is 0.744. The van der Waals surface area contributed by atoms with Crippen molar-refractivity contribution in [3.8, 4) is 0 Å². The standard InChI is InChI=1S/C19H20N2O2S/c22-19(23)18-14(7-10-24-18)12-21-8-5-13(6-9-21)16-11-20-17-4-2-1-3-15(16)17/h1-4,7,10-11,13,20H,5-6,8-9,12H2,(H,22,23). The Kier molecular flexibility index (Phi) is 4.12. The van der Waals surface area contributed by atoms with Crippen molar-refractivity contribution >= 4 is 28.2 Å². The molecule has 4 nitrogen and oxygen atoms in total. The summed E-state index contributed by atoms with van der Waals surface area (Å²) >= 11 is 1.32. The molecule has 0 spiro atoms. The van der Waals surface area contributed by atoms with E-state index in [1.54, 1.807) is 0 Å². The number of carboxylic acid groups (broad SMARTS) is 1. The molecular weight excluding hydrogens is 320 g/mol. The molecule has 2 N–H and O–H groups in total. The average molecular weight is 340 g/mol. The fourth-order valence-electron chi connectivity index (χ4n) is 3.72. The fourth-order valence-corrected chi connectivity index (χ4v) is 4.48. The lowest BCUT2D eigenvalue weighted by atomic mass is 9.89. The van der Waals surface area contributed by atoms with Crippen LogP contribution in [-0.4, -0.2) is 34.0 Å². The van der Waals surface area contributed by atoms with Crippen LogP contribution in [-0.2, 0) is 6.54 Å². The average Bonchev–Trinajstić information content (AvgIpc) is 3.22. The minimum absolute atomic E-state index is 0.480. The maximum Gasteiger partial charge on any atom is 0.346 e. The van der Waals surface area contributed by atoms with Crippen LogP contribution in [0.15, 0.2) is 41.9 Å². The van der Waals surface area contributed by atoms with Gasteiger partial charge in [0.25, 0.3) is 0 Å². The van der Waals surface area contributed by atoms with Crippen LogP contribution in [0.5, 0.6) is 0 Å². The second-order valence-corrected chi connectivity index (χ2v) is 7.34. The molecule has 0 radical (unpaired) electrons. The van der Waals surface area contributed by atoms with Crippen molar-refractivity contribution in [1.82, 2.24) is 9.88 Å². The molecule has 0 unspecified atom stereocenters. The van der Waals surface area contributed by atoms with Crippen LogP contribution < -0.4 is 0 Å². The third kappa shape index (κ3) is 2.85. The van der Waals surface area contributed by atoms with Crippen molar-refractivity contribution in [3.63, 3.8) is 0 Å². The van der Waals surface area contributed by atoms with Crippen LogP contribution >= 0.6 is 11.3 Å². The van der Waals surface area contributed by atoms with Gasteiger partial charge < -0.3 is 10.1 Å². The largest absolute Gasteiger partial charge is 0.477 e. The number of aromatic amines is 1. The molecule has 1 aliphatic rings. The van der Waals surface area contributed by atoms with E-state index in [1.807, 2.05) is 11.4 Å². The molecule has 3 heterocycles. The first kappa shape index (κ1) is 15.4. The Morgan fingerprint density at radius 1 is 1.25 bits per heavy atom. The highest BCUT2D eigenvalue weighted by molar-refractivity contribution is 7.12. The van der Waals surface area contributed by atoms with Gasteiger partial charge in [0, 0.05) is 23.6 Å². The smallest absolute Gasteiger partial charge is 0.346 e. The van der Waals surface area contributed by atoms with Gasteiger partial charge in [0.1, 0.15) is 4.88 Å². The van der Waals surface area contributed by atoms with Gasteiger partial charge in [-0.3, -0.25) is 4.90 Å². The number of benzene rings is 1. The number of para-hydroxylation sites is 1. The molecule has 1 aromatic carbocycles. The third-order valence-corrected chi connectivity index (χ3v) is 5.93. The summed E-state index contributed by atoms with van der Waals surface area (Å²) in [5.41, 5.74) is 3.57. The van der Waals surface area contributed by atoms with Crippen molar-refractivity contribution in [2.45, 2.75) is 25.3 Å². The molecule has 0 saturated carbocycles. The third-order valence-electron chi connectivity index (χ3n) is 4.98. The Labute approximate surface area is 144 Å². The molecule has 5 heteroatoms. The molecule has 0 atom stereocenters. The summed E-state index contributed by atoms with van der Waals surface area (Å²) in [6.07, 6.45) is 4.40.